The summed E-state index contributed by atoms with van der Waals surface area (Å²) in [6.45, 7) is 2.34. The molecule has 1 aliphatic carbocycles. The van der Waals surface area contributed by atoms with E-state index in [2.05, 4.69) is 24.1 Å². The molecular formula is C17H23NO2S. The number of hydrogen-bond acceptors (Lipinski definition) is 3. The zero-order chi connectivity index (χ0) is 15.1. The minimum Gasteiger partial charge on any atom is -0.395 e. The first kappa shape index (κ1) is 16.1. The predicted octanol–water partition coefficient (Wildman–Crippen LogP) is 3.18. The van der Waals surface area contributed by atoms with E-state index in [1.165, 1.54) is 30.6 Å². The summed E-state index contributed by atoms with van der Waals surface area (Å²) in [5.74, 6) is 6.62. The van der Waals surface area contributed by atoms with E-state index in [0.717, 1.165) is 24.3 Å². The van der Waals surface area contributed by atoms with Crippen LogP contribution in [0.5, 0.6) is 0 Å². The Hall–Kier alpha value is -1.31. The number of aliphatic hydroxyl groups is 1. The van der Waals surface area contributed by atoms with E-state index in [-0.39, 0.29) is 12.5 Å². The van der Waals surface area contributed by atoms with Gasteiger partial charge in [-0.25, -0.2) is 0 Å². The van der Waals surface area contributed by atoms with Crippen LogP contribution in [0.1, 0.15) is 60.7 Å². The lowest BCUT2D eigenvalue weighted by Crippen LogP contribution is -2.34. The minimum absolute atomic E-state index is 0.00199. The molecular weight excluding hydrogens is 282 g/mol. The number of thiophene rings is 1. The van der Waals surface area contributed by atoms with Crippen LogP contribution in [0.25, 0.3) is 0 Å². The quantitative estimate of drug-likeness (QED) is 0.665. The van der Waals surface area contributed by atoms with Gasteiger partial charge in [-0.2, -0.15) is 0 Å². The number of aliphatic hydroxyl groups excluding tert-OH is 1. The fraction of sp³-hybridized carbons (Fsp3) is 0.588. The monoisotopic (exact) mass is 305 g/mol. The maximum atomic E-state index is 12.4. The van der Waals surface area contributed by atoms with Crippen LogP contribution in [0, 0.1) is 17.8 Å². The molecule has 0 saturated heterocycles. The highest BCUT2D eigenvalue weighted by molar-refractivity contribution is 7.12. The molecule has 0 spiro atoms. The van der Waals surface area contributed by atoms with Crippen LogP contribution in [0.3, 0.4) is 0 Å². The SMILES string of the molecule is CC1CCCC(NC(=O)c2sccc2C#CCCO)CC1. The molecule has 21 heavy (non-hydrogen) atoms. The summed E-state index contributed by atoms with van der Waals surface area (Å²) in [4.78, 5) is 13.1. The largest absolute Gasteiger partial charge is 0.395 e. The summed E-state index contributed by atoms with van der Waals surface area (Å²) in [6, 6.07) is 2.17. The van der Waals surface area contributed by atoms with Gasteiger partial charge in [-0.05, 0) is 36.6 Å². The molecule has 1 saturated carbocycles. The molecule has 0 radical (unpaired) electrons. The highest BCUT2D eigenvalue weighted by Gasteiger charge is 2.20. The number of hydrogen-bond donors (Lipinski definition) is 2. The Bertz CT molecular complexity index is 526. The Morgan fingerprint density at radius 1 is 1.43 bits per heavy atom. The zero-order valence-electron chi connectivity index (χ0n) is 12.5. The van der Waals surface area contributed by atoms with E-state index in [1.54, 1.807) is 0 Å². The predicted molar refractivity (Wildman–Crippen MR) is 86.4 cm³/mol. The Morgan fingerprint density at radius 2 is 2.29 bits per heavy atom. The topological polar surface area (TPSA) is 49.3 Å². The van der Waals surface area contributed by atoms with Gasteiger partial charge in [0.15, 0.2) is 0 Å². The number of rotatable bonds is 3. The molecule has 1 aromatic heterocycles. The van der Waals surface area contributed by atoms with Gasteiger partial charge in [0.05, 0.1) is 6.61 Å². The van der Waals surface area contributed by atoms with Gasteiger partial charge in [-0.15, -0.1) is 11.3 Å². The molecule has 114 valence electrons. The van der Waals surface area contributed by atoms with E-state index in [0.29, 0.717) is 17.3 Å². The highest BCUT2D eigenvalue weighted by Crippen LogP contribution is 2.23. The first-order chi connectivity index (χ1) is 10.2. The van der Waals surface area contributed by atoms with Gasteiger partial charge < -0.3 is 10.4 Å². The molecule has 0 bridgehead atoms. The Kier molecular flexibility index (Phi) is 6.28. The fourth-order valence-corrected chi connectivity index (χ4v) is 3.43. The van der Waals surface area contributed by atoms with Crippen molar-refractivity contribution < 1.29 is 9.90 Å². The standard InChI is InChI=1S/C17H23NO2S/c1-13-5-4-7-15(9-8-13)18-17(20)16-14(10-12-21-16)6-2-3-11-19/h10,12-13,15,19H,3-5,7-9,11H2,1H3,(H,18,20). The molecule has 2 unspecified atom stereocenters. The zero-order valence-corrected chi connectivity index (χ0v) is 13.3. The van der Waals surface area contributed by atoms with Crippen molar-refractivity contribution in [1.82, 2.24) is 5.32 Å². The lowest BCUT2D eigenvalue weighted by Gasteiger charge is -2.16. The van der Waals surface area contributed by atoms with E-state index >= 15 is 0 Å². The second-order valence-electron chi connectivity index (χ2n) is 5.72. The van der Waals surface area contributed by atoms with Crippen molar-refractivity contribution in [3.05, 3.63) is 21.9 Å². The lowest BCUT2D eigenvalue weighted by molar-refractivity contribution is 0.0937. The third-order valence-corrected chi connectivity index (χ3v) is 4.84. The van der Waals surface area contributed by atoms with E-state index in [9.17, 15) is 4.79 Å². The second kappa shape index (κ2) is 8.21. The summed E-state index contributed by atoms with van der Waals surface area (Å²) >= 11 is 1.43. The molecule has 1 fully saturated rings. The van der Waals surface area contributed by atoms with Gasteiger partial charge in [0.25, 0.3) is 5.91 Å². The third-order valence-electron chi connectivity index (χ3n) is 3.92. The maximum Gasteiger partial charge on any atom is 0.262 e. The van der Waals surface area contributed by atoms with Crippen molar-refractivity contribution in [1.29, 1.82) is 0 Å². The van der Waals surface area contributed by atoms with Crippen LogP contribution in [0.4, 0.5) is 0 Å². The second-order valence-corrected chi connectivity index (χ2v) is 6.64. The molecule has 4 heteroatoms. The smallest absolute Gasteiger partial charge is 0.262 e. The molecule has 3 nitrogen and oxygen atoms in total. The molecule has 1 amide bonds. The summed E-state index contributed by atoms with van der Waals surface area (Å²) in [5.41, 5.74) is 0.771. The lowest BCUT2D eigenvalue weighted by atomic mass is 10.0. The van der Waals surface area contributed by atoms with E-state index in [1.807, 2.05) is 11.4 Å². The molecule has 0 aliphatic heterocycles. The summed E-state index contributed by atoms with van der Waals surface area (Å²) in [6.07, 6.45) is 6.25. The molecule has 2 rings (SSSR count). The van der Waals surface area contributed by atoms with Crippen molar-refractivity contribution in [2.75, 3.05) is 6.61 Å². The fourth-order valence-electron chi connectivity index (χ4n) is 2.68. The summed E-state index contributed by atoms with van der Waals surface area (Å²) < 4.78 is 0. The Labute approximate surface area is 130 Å². The minimum atomic E-state index is -0.00199. The van der Waals surface area contributed by atoms with Gasteiger partial charge in [0.1, 0.15) is 4.88 Å². The van der Waals surface area contributed by atoms with Crippen LogP contribution < -0.4 is 5.32 Å². The van der Waals surface area contributed by atoms with Gasteiger partial charge in [0.2, 0.25) is 0 Å². The maximum absolute atomic E-state index is 12.4. The molecule has 1 heterocycles. The number of carbonyl (C=O) groups excluding carboxylic acids is 1. The molecule has 1 aromatic rings. The summed E-state index contributed by atoms with van der Waals surface area (Å²) in [7, 11) is 0. The number of amides is 1. The Morgan fingerprint density at radius 3 is 3.10 bits per heavy atom. The average molecular weight is 305 g/mol. The number of nitrogens with one attached hydrogen (secondary N) is 1. The molecule has 1 aliphatic rings. The highest BCUT2D eigenvalue weighted by atomic mass is 32.1. The van der Waals surface area contributed by atoms with Crippen LogP contribution in [0.15, 0.2) is 11.4 Å². The van der Waals surface area contributed by atoms with E-state index in [4.69, 9.17) is 5.11 Å². The van der Waals surface area contributed by atoms with E-state index < -0.39 is 0 Å². The third kappa shape index (κ3) is 4.87. The molecule has 0 aromatic carbocycles. The van der Waals surface area contributed by atoms with Gasteiger partial charge in [-0.1, -0.05) is 31.6 Å². The van der Waals surface area contributed by atoms with Gasteiger partial charge in [-0.3, -0.25) is 4.79 Å². The Balaban J connectivity index is 1.97. The van der Waals surface area contributed by atoms with Crippen molar-refractivity contribution in [3.63, 3.8) is 0 Å². The first-order valence-electron chi connectivity index (χ1n) is 7.68. The average Bonchev–Trinajstić information content (AvgIpc) is 2.84. The molecule has 2 atom stereocenters. The van der Waals surface area contributed by atoms with Crippen LogP contribution in [-0.4, -0.2) is 23.7 Å². The number of carbonyl (C=O) groups is 1. The van der Waals surface area contributed by atoms with Crippen molar-refractivity contribution >= 4 is 17.2 Å². The van der Waals surface area contributed by atoms with Crippen molar-refractivity contribution in [3.8, 4) is 11.8 Å². The van der Waals surface area contributed by atoms with Gasteiger partial charge in [0, 0.05) is 18.0 Å². The van der Waals surface area contributed by atoms with Crippen LogP contribution in [0.2, 0.25) is 0 Å². The van der Waals surface area contributed by atoms with Crippen molar-refractivity contribution in [2.45, 2.75) is 51.5 Å². The van der Waals surface area contributed by atoms with Crippen LogP contribution >= 0.6 is 11.3 Å². The summed E-state index contributed by atoms with van der Waals surface area (Å²) in [5, 5.41) is 13.8. The normalized spacial score (nSPS) is 22.0. The van der Waals surface area contributed by atoms with Crippen LogP contribution in [-0.2, 0) is 0 Å². The molecule has 2 N–H and O–H groups in total. The van der Waals surface area contributed by atoms with Gasteiger partial charge >= 0.3 is 0 Å². The first-order valence-corrected chi connectivity index (χ1v) is 8.56. The van der Waals surface area contributed by atoms with Crippen molar-refractivity contribution in [2.24, 2.45) is 5.92 Å².